The Bertz CT molecular complexity index is 453. The van der Waals surface area contributed by atoms with Gasteiger partial charge in [-0.1, -0.05) is 24.1 Å². The molecule has 3 nitrogen and oxygen atoms in total. The number of nitrogens with zero attached hydrogens (tertiary/aromatic N) is 2. The van der Waals surface area contributed by atoms with Crippen molar-refractivity contribution in [2.75, 3.05) is 25.5 Å². The summed E-state index contributed by atoms with van der Waals surface area (Å²) < 4.78 is 0. The summed E-state index contributed by atoms with van der Waals surface area (Å²) in [7, 11) is 2.16. The predicted octanol–water partition coefficient (Wildman–Crippen LogP) is 3.11. The Morgan fingerprint density at radius 3 is 3.06 bits per heavy atom. The van der Waals surface area contributed by atoms with Crippen LogP contribution in [0.15, 0.2) is 18.2 Å². The summed E-state index contributed by atoms with van der Waals surface area (Å²) in [5.74, 6) is 0. The number of nitrogens with one attached hydrogen (secondary N) is 1. The molecule has 96 valence electrons. The Balaban J connectivity index is 2.02. The van der Waals surface area contributed by atoms with Crippen molar-refractivity contribution in [2.24, 2.45) is 0 Å². The maximum Gasteiger partial charge on any atom is 0.103 e. The number of likely N-dealkylation sites (tertiary alicyclic amines) is 1. The molecule has 0 spiro atoms. The van der Waals surface area contributed by atoms with Gasteiger partial charge in [-0.2, -0.15) is 5.26 Å². The molecule has 1 saturated heterocycles. The minimum atomic E-state index is 0.513. The van der Waals surface area contributed by atoms with Crippen molar-refractivity contribution in [1.82, 2.24) is 4.90 Å². The van der Waals surface area contributed by atoms with Gasteiger partial charge in [-0.25, -0.2) is 0 Å². The van der Waals surface area contributed by atoms with Gasteiger partial charge in [-0.3, -0.25) is 0 Å². The van der Waals surface area contributed by atoms with E-state index < -0.39 is 0 Å². The third kappa shape index (κ3) is 2.95. The zero-order valence-electron chi connectivity index (χ0n) is 10.6. The van der Waals surface area contributed by atoms with Gasteiger partial charge in [0.25, 0.3) is 0 Å². The molecule has 1 fully saturated rings. The third-order valence-electron chi connectivity index (χ3n) is 3.58. The molecule has 0 aromatic heterocycles. The summed E-state index contributed by atoms with van der Waals surface area (Å²) in [6.07, 6.45) is 3.79. The summed E-state index contributed by atoms with van der Waals surface area (Å²) in [5.41, 5.74) is 1.38. The van der Waals surface area contributed by atoms with E-state index in [1.807, 2.05) is 12.1 Å². The highest BCUT2D eigenvalue weighted by Crippen LogP contribution is 2.24. The molecule has 0 amide bonds. The monoisotopic (exact) mass is 263 g/mol. The van der Waals surface area contributed by atoms with E-state index in [1.54, 1.807) is 6.07 Å². The summed E-state index contributed by atoms with van der Waals surface area (Å²) in [5, 5.41) is 13.0. The van der Waals surface area contributed by atoms with Crippen molar-refractivity contribution >= 4 is 17.3 Å². The Morgan fingerprint density at radius 1 is 1.50 bits per heavy atom. The molecule has 1 heterocycles. The van der Waals surface area contributed by atoms with Crippen LogP contribution in [0.4, 0.5) is 5.69 Å². The van der Waals surface area contributed by atoms with Crippen LogP contribution < -0.4 is 5.32 Å². The first kappa shape index (κ1) is 13.2. The van der Waals surface area contributed by atoms with Gasteiger partial charge in [0.2, 0.25) is 0 Å². The van der Waals surface area contributed by atoms with Crippen LogP contribution in [0.2, 0.25) is 5.02 Å². The standard InChI is InChI=1S/C14H18ClN3/c1-18-8-3-2-5-11(18)10-17-14-7-4-6-13(15)12(14)9-16/h4,6-7,11,17H,2-3,5,8,10H2,1H3. The number of hydrogen-bond acceptors (Lipinski definition) is 3. The largest absolute Gasteiger partial charge is 0.382 e. The van der Waals surface area contributed by atoms with E-state index in [4.69, 9.17) is 16.9 Å². The number of benzene rings is 1. The fourth-order valence-corrected chi connectivity index (χ4v) is 2.63. The SMILES string of the molecule is CN1CCCCC1CNc1cccc(Cl)c1C#N. The van der Waals surface area contributed by atoms with E-state index in [0.29, 0.717) is 16.6 Å². The predicted molar refractivity (Wildman–Crippen MR) is 74.9 cm³/mol. The van der Waals surface area contributed by atoms with E-state index in [-0.39, 0.29) is 0 Å². The minimum absolute atomic E-state index is 0.513. The number of anilines is 1. The molecule has 0 radical (unpaired) electrons. The second kappa shape index (κ2) is 6.08. The maximum atomic E-state index is 9.10. The highest BCUT2D eigenvalue weighted by atomic mass is 35.5. The molecule has 1 aliphatic rings. The molecule has 0 bridgehead atoms. The zero-order chi connectivity index (χ0) is 13.0. The van der Waals surface area contributed by atoms with Crippen LogP contribution in [-0.2, 0) is 0 Å². The Labute approximate surface area is 113 Å². The average Bonchev–Trinajstić information content (AvgIpc) is 2.38. The quantitative estimate of drug-likeness (QED) is 0.911. The molecular formula is C14H18ClN3. The molecular weight excluding hydrogens is 246 g/mol. The number of likely N-dealkylation sites (N-methyl/N-ethyl adjacent to an activating group) is 1. The molecule has 0 aliphatic carbocycles. The van der Waals surface area contributed by atoms with Gasteiger partial charge in [0.15, 0.2) is 0 Å². The minimum Gasteiger partial charge on any atom is -0.382 e. The molecule has 1 aromatic carbocycles. The number of piperidine rings is 1. The van der Waals surface area contributed by atoms with E-state index in [9.17, 15) is 0 Å². The molecule has 1 aromatic rings. The first-order chi connectivity index (χ1) is 8.72. The van der Waals surface area contributed by atoms with Crippen molar-refractivity contribution in [2.45, 2.75) is 25.3 Å². The zero-order valence-corrected chi connectivity index (χ0v) is 11.4. The second-order valence-corrected chi connectivity index (χ2v) is 5.19. The lowest BCUT2D eigenvalue weighted by atomic mass is 10.0. The molecule has 1 N–H and O–H groups in total. The first-order valence-electron chi connectivity index (χ1n) is 6.35. The fraction of sp³-hybridized carbons (Fsp3) is 0.500. The normalized spacial score (nSPS) is 20.4. The van der Waals surface area contributed by atoms with Crippen LogP contribution >= 0.6 is 11.6 Å². The van der Waals surface area contributed by atoms with E-state index in [1.165, 1.54) is 19.3 Å². The first-order valence-corrected chi connectivity index (χ1v) is 6.73. The van der Waals surface area contributed by atoms with Crippen LogP contribution in [-0.4, -0.2) is 31.1 Å². The average molecular weight is 264 g/mol. The summed E-state index contributed by atoms with van der Waals surface area (Å²) in [6.45, 7) is 2.03. The number of halogens is 1. The van der Waals surface area contributed by atoms with Crippen LogP contribution in [0.1, 0.15) is 24.8 Å². The van der Waals surface area contributed by atoms with E-state index >= 15 is 0 Å². The smallest absolute Gasteiger partial charge is 0.103 e. The summed E-state index contributed by atoms with van der Waals surface area (Å²) in [6, 6.07) is 8.23. The number of rotatable bonds is 3. The highest BCUT2D eigenvalue weighted by molar-refractivity contribution is 6.32. The topological polar surface area (TPSA) is 39.1 Å². The Morgan fingerprint density at radius 2 is 2.33 bits per heavy atom. The van der Waals surface area contributed by atoms with Crippen LogP contribution in [0, 0.1) is 11.3 Å². The van der Waals surface area contributed by atoms with Gasteiger partial charge < -0.3 is 10.2 Å². The van der Waals surface area contributed by atoms with Gasteiger partial charge in [-0.05, 0) is 38.6 Å². The van der Waals surface area contributed by atoms with Crippen LogP contribution in [0.3, 0.4) is 0 Å². The van der Waals surface area contributed by atoms with Crippen LogP contribution in [0.25, 0.3) is 0 Å². The van der Waals surface area contributed by atoms with Gasteiger partial charge >= 0.3 is 0 Å². The molecule has 4 heteroatoms. The van der Waals surface area contributed by atoms with Crippen molar-refractivity contribution < 1.29 is 0 Å². The van der Waals surface area contributed by atoms with Gasteiger partial charge in [-0.15, -0.1) is 0 Å². The van der Waals surface area contributed by atoms with Crippen molar-refractivity contribution in [3.8, 4) is 6.07 Å². The summed E-state index contributed by atoms with van der Waals surface area (Å²) >= 11 is 6.01. The second-order valence-electron chi connectivity index (χ2n) is 4.79. The van der Waals surface area contributed by atoms with Crippen molar-refractivity contribution in [3.63, 3.8) is 0 Å². The Kier molecular flexibility index (Phi) is 4.46. The van der Waals surface area contributed by atoms with E-state index in [2.05, 4.69) is 23.3 Å². The van der Waals surface area contributed by atoms with Crippen LogP contribution in [0.5, 0.6) is 0 Å². The molecule has 1 aliphatic heterocycles. The van der Waals surface area contributed by atoms with Crippen molar-refractivity contribution in [1.29, 1.82) is 5.26 Å². The van der Waals surface area contributed by atoms with Gasteiger partial charge in [0, 0.05) is 12.6 Å². The molecule has 0 saturated carbocycles. The van der Waals surface area contributed by atoms with Crippen molar-refractivity contribution in [3.05, 3.63) is 28.8 Å². The highest BCUT2D eigenvalue weighted by Gasteiger charge is 2.18. The lowest BCUT2D eigenvalue weighted by Gasteiger charge is -2.32. The lowest BCUT2D eigenvalue weighted by Crippen LogP contribution is -2.40. The van der Waals surface area contributed by atoms with Gasteiger partial charge in [0.05, 0.1) is 16.3 Å². The Hall–Kier alpha value is -1.24. The van der Waals surface area contributed by atoms with E-state index in [0.717, 1.165) is 18.8 Å². The molecule has 1 atom stereocenters. The summed E-state index contributed by atoms with van der Waals surface area (Å²) in [4.78, 5) is 2.38. The molecule has 1 unspecified atom stereocenters. The molecule has 18 heavy (non-hydrogen) atoms. The maximum absolute atomic E-state index is 9.10. The molecule has 2 rings (SSSR count). The number of hydrogen-bond donors (Lipinski definition) is 1. The lowest BCUT2D eigenvalue weighted by molar-refractivity contribution is 0.194. The third-order valence-corrected chi connectivity index (χ3v) is 3.89. The number of nitriles is 1. The van der Waals surface area contributed by atoms with Gasteiger partial charge in [0.1, 0.15) is 6.07 Å². The fourth-order valence-electron chi connectivity index (χ4n) is 2.41.